The molecule has 0 fully saturated rings. The minimum absolute atomic E-state index is 0.0194. The topological polar surface area (TPSA) is 46.9 Å². The minimum Gasteiger partial charge on any atom is -0.348 e. The van der Waals surface area contributed by atoms with E-state index in [1.165, 1.54) is 12.1 Å². The van der Waals surface area contributed by atoms with Gasteiger partial charge in [-0.1, -0.05) is 6.07 Å². The number of rotatable bonds is 3. The lowest BCUT2D eigenvalue weighted by Gasteiger charge is -2.09. The highest BCUT2D eigenvalue weighted by atomic mass is 19.4. The molecular formula is C15H16F3N3O. The van der Waals surface area contributed by atoms with Crippen LogP contribution < -0.4 is 5.32 Å². The van der Waals surface area contributed by atoms with E-state index in [4.69, 9.17) is 0 Å². The highest BCUT2D eigenvalue weighted by molar-refractivity contribution is 5.94. The first-order chi connectivity index (χ1) is 10.2. The number of aryl methyl sites for hydroxylation is 2. The summed E-state index contributed by atoms with van der Waals surface area (Å²) in [7, 11) is 1.79. The molecule has 0 aliphatic heterocycles. The molecule has 1 N–H and O–H groups in total. The van der Waals surface area contributed by atoms with Gasteiger partial charge in [0.15, 0.2) is 0 Å². The van der Waals surface area contributed by atoms with Gasteiger partial charge in [0.25, 0.3) is 5.91 Å². The standard InChI is InChI=1S/C15H16F3N3O/c1-9-13(10(2)21(3)20-9)8-19-14(22)11-5-4-6-12(7-11)15(16,17)18/h4-7H,8H2,1-3H3,(H,19,22). The molecule has 2 rings (SSSR count). The molecule has 0 saturated carbocycles. The molecule has 0 aliphatic rings. The first-order valence-electron chi connectivity index (χ1n) is 6.64. The van der Waals surface area contributed by atoms with E-state index in [0.717, 1.165) is 29.1 Å². The number of halogens is 3. The summed E-state index contributed by atoms with van der Waals surface area (Å²) in [6.07, 6.45) is -4.47. The van der Waals surface area contributed by atoms with Crippen molar-refractivity contribution in [2.24, 2.45) is 7.05 Å². The molecule has 1 amide bonds. The van der Waals surface area contributed by atoms with E-state index < -0.39 is 17.6 Å². The van der Waals surface area contributed by atoms with Gasteiger partial charge < -0.3 is 5.32 Å². The number of nitrogens with zero attached hydrogens (tertiary/aromatic N) is 2. The first kappa shape index (κ1) is 16.1. The van der Waals surface area contributed by atoms with Crippen molar-refractivity contribution in [2.75, 3.05) is 0 Å². The van der Waals surface area contributed by atoms with Crippen LogP contribution in [0.2, 0.25) is 0 Å². The van der Waals surface area contributed by atoms with Crippen LogP contribution in [0, 0.1) is 13.8 Å². The van der Waals surface area contributed by atoms with Crippen LogP contribution in [0.25, 0.3) is 0 Å². The van der Waals surface area contributed by atoms with E-state index in [-0.39, 0.29) is 12.1 Å². The highest BCUT2D eigenvalue weighted by Crippen LogP contribution is 2.29. The van der Waals surface area contributed by atoms with E-state index in [1.807, 2.05) is 13.8 Å². The monoisotopic (exact) mass is 311 g/mol. The fourth-order valence-electron chi connectivity index (χ4n) is 2.18. The maximum Gasteiger partial charge on any atom is 0.416 e. The molecule has 22 heavy (non-hydrogen) atoms. The molecule has 0 aliphatic carbocycles. The molecule has 7 heteroatoms. The quantitative estimate of drug-likeness (QED) is 0.947. The SMILES string of the molecule is Cc1nn(C)c(C)c1CNC(=O)c1cccc(C(F)(F)F)c1. The number of amides is 1. The van der Waals surface area contributed by atoms with Crippen molar-refractivity contribution >= 4 is 5.91 Å². The normalized spacial score (nSPS) is 11.5. The molecule has 0 unspecified atom stereocenters. The Bertz CT molecular complexity index is 705. The van der Waals surface area contributed by atoms with Crippen molar-refractivity contribution in [2.45, 2.75) is 26.6 Å². The molecule has 118 valence electrons. The number of nitrogens with one attached hydrogen (secondary N) is 1. The molecule has 1 aromatic heterocycles. The maximum absolute atomic E-state index is 12.6. The predicted molar refractivity (Wildman–Crippen MR) is 75.3 cm³/mol. The van der Waals surface area contributed by atoms with Crippen LogP contribution in [0.5, 0.6) is 0 Å². The van der Waals surface area contributed by atoms with E-state index in [2.05, 4.69) is 10.4 Å². The van der Waals surface area contributed by atoms with Gasteiger partial charge in [0.1, 0.15) is 0 Å². The summed E-state index contributed by atoms with van der Waals surface area (Å²) < 4.78 is 39.6. The Morgan fingerprint density at radius 3 is 2.55 bits per heavy atom. The lowest BCUT2D eigenvalue weighted by molar-refractivity contribution is -0.137. The zero-order valence-electron chi connectivity index (χ0n) is 12.5. The fraction of sp³-hybridized carbons (Fsp3) is 0.333. The van der Waals surface area contributed by atoms with Gasteiger partial charge in [-0.05, 0) is 32.0 Å². The van der Waals surface area contributed by atoms with Gasteiger partial charge in [-0.3, -0.25) is 9.48 Å². The Morgan fingerprint density at radius 1 is 1.32 bits per heavy atom. The summed E-state index contributed by atoms with van der Waals surface area (Å²) in [6, 6.07) is 4.36. The zero-order chi connectivity index (χ0) is 16.5. The lowest BCUT2D eigenvalue weighted by atomic mass is 10.1. The number of alkyl halides is 3. The van der Waals surface area contributed by atoms with Gasteiger partial charge in [0.05, 0.1) is 11.3 Å². The molecule has 4 nitrogen and oxygen atoms in total. The Hall–Kier alpha value is -2.31. The molecule has 0 spiro atoms. The molecule has 1 heterocycles. The number of hydrogen-bond acceptors (Lipinski definition) is 2. The van der Waals surface area contributed by atoms with Crippen molar-refractivity contribution in [1.29, 1.82) is 0 Å². The second-order valence-electron chi connectivity index (χ2n) is 5.03. The second kappa shape index (κ2) is 5.82. The number of hydrogen-bond donors (Lipinski definition) is 1. The second-order valence-corrected chi connectivity index (χ2v) is 5.03. The summed E-state index contributed by atoms with van der Waals surface area (Å²) in [5, 5.41) is 6.85. The Kier molecular flexibility index (Phi) is 4.25. The zero-order valence-corrected chi connectivity index (χ0v) is 12.5. The number of benzene rings is 1. The van der Waals surface area contributed by atoms with Crippen molar-refractivity contribution < 1.29 is 18.0 Å². The van der Waals surface area contributed by atoms with Gasteiger partial charge >= 0.3 is 6.18 Å². The highest BCUT2D eigenvalue weighted by Gasteiger charge is 2.30. The van der Waals surface area contributed by atoms with Gasteiger partial charge in [0, 0.05) is 30.4 Å². The number of aromatic nitrogens is 2. The molecular weight excluding hydrogens is 295 g/mol. The largest absolute Gasteiger partial charge is 0.416 e. The van der Waals surface area contributed by atoms with Crippen LogP contribution in [0.4, 0.5) is 13.2 Å². The maximum atomic E-state index is 12.6. The average molecular weight is 311 g/mol. The molecule has 2 aromatic rings. The third-order valence-electron chi connectivity index (χ3n) is 3.54. The van der Waals surface area contributed by atoms with Crippen LogP contribution in [0.1, 0.15) is 32.9 Å². The predicted octanol–water partition coefficient (Wildman–Crippen LogP) is 2.99. The molecule has 0 radical (unpaired) electrons. The van der Waals surface area contributed by atoms with Crippen molar-refractivity contribution in [3.8, 4) is 0 Å². The third-order valence-corrected chi connectivity index (χ3v) is 3.54. The number of carbonyl (C=O) groups is 1. The molecule has 0 bridgehead atoms. The van der Waals surface area contributed by atoms with Crippen molar-refractivity contribution in [3.63, 3.8) is 0 Å². The smallest absolute Gasteiger partial charge is 0.348 e. The number of carbonyl (C=O) groups excluding carboxylic acids is 1. The van der Waals surface area contributed by atoms with Crippen molar-refractivity contribution in [1.82, 2.24) is 15.1 Å². The van der Waals surface area contributed by atoms with E-state index in [1.54, 1.807) is 11.7 Å². The summed E-state index contributed by atoms with van der Waals surface area (Å²) >= 11 is 0. The summed E-state index contributed by atoms with van der Waals surface area (Å²) in [6.45, 7) is 3.91. The summed E-state index contributed by atoms with van der Waals surface area (Å²) in [4.78, 5) is 12.0. The molecule has 1 aromatic carbocycles. The average Bonchev–Trinajstić information content (AvgIpc) is 2.69. The van der Waals surface area contributed by atoms with Crippen LogP contribution >= 0.6 is 0 Å². The van der Waals surface area contributed by atoms with Gasteiger partial charge in [-0.15, -0.1) is 0 Å². The Balaban J connectivity index is 2.13. The van der Waals surface area contributed by atoms with Gasteiger partial charge in [-0.2, -0.15) is 18.3 Å². The van der Waals surface area contributed by atoms with E-state index in [0.29, 0.717) is 0 Å². The van der Waals surface area contributed by atoms with Gasteiger partial charge in [-0.25, -0.2) is 0 Å². The van der Waals surface area contributed by atoms with E-state index in [9.17, 15) is 18.0 Å². The summed E-state index contributed by atoms with van der Waals surface area (Å²) in [5.74, 6) is -0.547. The third kappa shape index (κ3) is 3.29. The minimum atomic E-state index is -4.47. The van der Waals surface area contributed by atoms with Gasteiger partial charge in [0.2, 0.25) is 0 Å². The van der Waals surface area contributed by atoms with Crippen LogP contribution in [0.3, 0.4) is 0 Å². The molecule has 0 atom stereocenters. The molecule has 0 saturated heterocycles. The van der Waals surface area contributed by atoms with Crippen LogP contribution in [-0.2, 0) is 19.8 Å². The first-order valence-corrected chi connectivity index (χ1v) is 6.64. The Morgan fingerprint density at radius 2 is 2.00 bits per heavy atom. The fourth-order valence-corrected chi connectivity index (χ4v) is 2.18. The van der Waals surface area contributed by atoms with E-state index >= 15 is 0 Å². The lowest BCUT2D eigenvalue weighted by Crippen LogP contribution is -2.24. The Labute approximate surface area is 125 Å². The van der Waals surface area contributed by atoms with Crippen LogP contribution in [-0.4, -0.2) is 15.7 Å². The van der Waals surface area contributed by atoms with Crippen molar-refractivity contribution in [3.05, 3.63) is 52.3 Å². The van der Waals surface area contributed by atoms with Crippen LogP contribution in [0.15, 0.2) is 24.3 Å². The summed E-state index contributed by atoms with van der Waals surface area (Å²) in [5.41, 5.74) is 1.69.